The number of hydrogen-bond acceptors (Lipinski definition) is 6. The molecule has 0 bridgehead atoms. The van der Waals surface area contributed by atoms with Gasteiger partial charge in [-0.25, -0.2) is 9.78 Å². The molecule has 2 aromatic rings. The van der Waals surface area contributed by atoms with Crippen LogP contribution in [0.25, 0.3) is 0 Å². The molecule has 3 N–H and O–H groups in total. The predicted octanol–water partition coefficient (Wildman–Crippen LogP) is 1.13. The molecule has 1 atom stereocenters. The van der Waals surface area contributed by atoms with E-state index in [9.17, 15) is 19.5 Å². The Morgan fingerprint density at radius 2 is 2.04 bits per heavy atom. The third kappa shape index (κ3) is 5.88. The first-order valence-corrected chi connectivity index (χ1v) is 9.30. The number of nitrogens with zero attached hydrogens (tertiary/aromatic N) is 3. The molecule has 0 aliphatic carbocycles. The number of hydrogen-bond donors (Lipinski definition) is 3. The molecule has 2 heterocycles. The quantitative estimate of drug-likeness (QED) is 0.617. The van der Waals surface area contributed by atoms with Gasteiger partial charge in [0.15, 0.2) is 5.13 Å². The molecule has 0 aliphatic rings. The molecule has 146 valence electrons. The maximum Gasteiger partial charge on any atom is 0.326 e. The minimum atomic E-state index is -1.12. The SMILES string of the molecule is Cc1nn(C)cc1CC(NC(=O)Cc1csc(NC(=O)C(C)C)n1)C(=O)O. The van der Waals surface area contributed by atoms with Crippen molar-refractivity contribution in [1.82, 2.24) is 20.1 Å². The van der Waals surface area contributed by atoms with Crippen LogP contribution in [0.3, 0.4) is 0 Å². The van der Waals surface area contributed by atoms with Crippen molar-refractivity contribution < 1.29 is 19.5 Å². The van der Waals surface area contributed by atoms with Gasteiger partial charge in [-0.3, -0.25) is 14.3 Å². The van der Waals surface area contributed by atoms with E-state index in [0.717, 1.165) is 11.3 Å². The molecular weight excluding hydrogens is 370 g/mol. The zero-order chi connectivity index (χ0) is 20.1. The Kier molecular flexibility index (Phi) is 6.67. The standard InChI is InChI=1S/C17H23N5O4S/c1-9(2)15(24)20-17-18-12(8-27-17)6-14(23)19-13(16(25)26)5-11-7-22(4)21-10(11)3/h7-9,13H,5-6H2,1-4H3,(H,19,23)(H,25,26)(H,18,20,24). The highest BCUT2D eigenvalue weighted by Gasteiger charge is 2.23. The number of amides is 2. The second-order valence-corrected chi connectivity index (χ2v) is 7.40. The summed E-state index contributed by atoms with van der Waals surface area (Å²) in [6.07, 6.45) is 1.82. The van der Waals surface area contributed by atoms with Gasteiger partial charge in [-0.05, 0) is 12.5 Å². The van der Waals surface area contributed by atoms with E-state index >= 15 is 0 Å². The predicted molar refractivity (Wildman–Crippen MR) is 101 cm³/mol. The van der Waals surface area contributed by atoms with Crippen molar-refractivity contribution in [3.8, 4) is 0 Å². The van der Waals surface area contributed by atoms with Crippen LogP contribution >= 0.6 is 11.3 Å². The maximum absolute atomic E-state index is 12.2. The van der Waals surface area contributed by atoms with Gasteiger partial charge < -0.3 is 15.7 Å². The Labute approximate surface area is 160 Å². The van der Waals surface area contributed by atoms with Crippen molar-refractivity contribution in [1.29, 1.82) is 0 Å². The molecule has 0 aromatic carbocycles. The van der Waals surface area contributed by atoms with E-state index in [1.165, 1.54) is 11.3 Å². The molecule has 2 rings (SSSR count). The number of aliphatic carboxylic acids is 1. The largest absolute Gasteiger partial charge is 0.480 e. The van der Waals surface area contributed by atoms with Gasteiger partial charge in [0.05, 0.1) is 17.8 Å². The Morgan fingerprint density at radius 3 is 2.59 bits per heavy atom. The van der Waals surface area contributed by atoms with Crippen molar-refractivity contribution in [2.75, 3.05) is 5.32 Å². The van der Waals surface area contributed by atoms with Crippen molar-refractivity contribution in [3.63, 3.8) is 0 Å². The Hall–Kier alpha value is -2.75. The van der Waals surface area contributed by atoms with E-state index in [1.807, 2.05) is 0 Å². The van der Waals surface area contributed by atoms with Crippen molar-refractivity contribution in [2.24, 2.45) is 13.0 Å². The van der Waals surface area contributed by atoms with Crippen molar-refractivity contribution in [2.45, 2.75) is 39.7 Å². The number of carboxylic acid groups (broad SMARTS) is 1. The van der Waals surface area contributed by atoms with Gasteiger partial charge >= 0.3 is 5.97 Å². The molecule has 27 heavy (non-hydrogen) atoms. The summed E-state index contributed by atoms with van der Waals surface area (Å²) in [7, 11) is 1.75. The van der Waals surface area contributed by atoms with Gasteiger partial charge in [-0.15, -0.1) is 11.3 Å². The van der Waals surface area contributed by atoms with E-state index in [1.54, 1.807) is 44.1 Å². The van der Waals surface area contributed by atoms with Crippen LogP contribution in [-0.4, -0.2) is 43.7 Å². The molecule has 0 spiro atoms. The Morgan fingerprint density at radius 1 is 1.33 bits per heavy atom. The molecule has 9 nitrogen and oxygen atoms in total. The van der Waals surface area contributed by atoms with E-state index in [0.29, 0.717) is 10.8 Å². The van der Waals surface area contributed by atoms with Crippen LogP contribution in [0, 0.1) is 12.8 Å². The lowest BCUT2D eigenvalue weighted by Gasteiger charge is -2.13. The minimum absolute atomic E-state index is 0.0656. The summed E-state index contributed by atoms with van der Waals surface area (Å²) in [6.45, 7) is 5.33. The highest BCUT2D eigenvalue weighted by Crippen LogP contribution is 2.17. The van der Waals surface area contributed by atoms with Crippen LogP contribution in [-0.2, 0) is 34.3 Å². The lowest BCUT2D eigenvalue weighted by molar-refractivity contribution is -0.141. The lowest BCUT2D eigenvalue weighted by Crippen LogP contribution is -2.43. The maximum atomic E-state index is 12.2. The van der Waals surface area contributed by atoms with Crippen molar-refractivity contribution in [3.05, 3.63) is 28.5 Å². The lowest BCUT2D eigenvalue weighted by atomic mass is 10.1. The number of anilines is 1. The fraction of sp³-hybridized carbons (Fsp3) is 0.471. The highest BCUT2D eigenvalue weighted by molar-refractivity contribution is 7.13. The van der Waals surface area contributed by atoms with E-state index < -0.39 is 17.9 Å². The number of carbonyl (C=O) groups is 3. The van der Waals surface area contributed by atoms with Gasteiger partial charge in [-0.2, -0.15) is 5.10 Å². The highest BCUT2D eigenvalue weighted by atomic mass is 32.1. The Balaban J connectivity index is 1.96. The first kappa shape index (κ1) is 20.6. The summed E-state index contributed by atoms with van der Waals surface area (Å²) in [6, 6.07) is -1.06. The zero-order valence-electron chi connectivity index (χ0n) is 15.6. The molecule has 10 heteroatoms. The molecular formula is C17H23N5O4S. The molecule has 0 saturated carbocycles. The van der Waals surface area contributed by atoms with Gasteiger partial charge in [0.25, 0.3) is 0 Å². The van der Waals surface area contributed by atoms with Gasteiger partial charge in [-0.1, -0.05) is 13.8 Å². The van der Waals surface area contributed by atoms with Crippen LogP contribution in [0.2, 0.25) is 0 Å². The van der Waals surface area contributed by atoms with Gasteiger partial charge in [0.2, 0.25) is 11.8 Å². The third-order valence-electron chi connectivity index (χ3n) is 3.82. The molecule has 2 aromatic heterocycles. The molecule has 0 radical (unpaired) electrons. The van der Waals surface area contributed by atoms with Crippen molar-refractivity contribution >= 4 is 34.3 Å². The van der Waals surface area contributed by atoms with Crippen LogP contribution in [0.1, 0.15) is 30.8 Å². The van der Waals surface area contributed by atoms with Gasteiger partial charge in [0.1, 0.15) is 6.04 Å². The average molecular weight is 393 g/mol. The van der Waals surface area contributed by atoms with Crippen LogP contribution < -0.4 is 10.6 Å². The first-order chi connectivity index (χ1) is 12.7. The zero-order valence-corrected chi connectivity index (χ0v) is 16.5. The Bertz CT molecular complexity index is 842. The van der Waals surface area contributed by atoms with E-state index in [-0.39, 0.29) is 24.7 Å². The molecule has 0 aliphatic heterocycles. The number of carbonyl (C=O) groups excluding carboxylic acids is 2. The third-order valence-corrected chi connectivity index (χ3v) is 4.63. The summed E-state index contributed by atoms with van der Waals surface area (Å²) in [5.41, 5.74) is 1.96. The fourth-order valence-corrected chi connectivity index (χ4v) is 3.09. The van der Waals surface area contributed by atoms with Gasteiger partial charge in [0, 0.05) is 31.0 Å². The van der Waals surface area contributed by atoms with Crippen LogP contribution in [0.5, 0.6) is 0 Å². The summed E-state index contributed by atoms with van der Waals surface area (Å²) in [5.74, 6) is -1.89. The smallest absolute Gasteiger partial charge is 0.326 e. The minimum Gasteiger partial charge on any atom is -0.480 e. The number of thiazole rings is 1. The second-order valence-electron chi connectivity index (χ2n) is 6.54. The van der Waals surface area contributed by atoms with E-state index in [2.05, 4.69) is 20.7 Å². The summed E-state index contributed by atoms with van der Waals surface area (Å²) < 4.78 is 1.60. The molecule has 0 saturated heterocycles. The molecule has 2 amide bonds. The summed E-state index contributed by atoms with van der Waals surface area (Å²) in [5, 5.41) is 20.8. The van der Waals surface area contributed by atoms with Crippen LogP contribution in [0.15, 0.2) is 11.6 Å². The first-order valence-electron chi connectivity index (χ1n) is 8.42. The number of aromatic nitrogens is 3. The number of rotatable bonds is 8. The second kappa shape index (κ2) is 8.76. The number of carboxylic acids is 1. The monoisotopic (exact) mass is 393 g/mol. The topological polar surface area (TPSA) is 126 Å². The average Bonchev–Trinajstić information content (AvgIpc) is 3.12. The normalized spacial score (nSPS) is 12.0. The number of aryl methyl sites for hydroxylation is 2. The summed E-state index contributed by atoms with van der Waals surface area (Å²) >= 11 is 1.22. The summed E-state index contributed by atoms with van der Waals surface area (Å²) in [4.78, 5) is 39.6. The molecule has 1 unspecified atom stereocenters. The molecule has 0 fully saturated rings. The van der Waals surface area contributed by atoms with Crippen LogP contribution in [0.4, 0.5) is 5.13 Å². The fourth-order valence-electron chi connectivity index (χ4n) is 2.37. The number of nitrogens with one attached hydrogen (secondary N) is 2. The van der Waals surface area contributed by atoms with E-state index in [4.69, 9.17) is 0 Å².